The van der Waals surface area contributed by atoms with Crippen LogP contribution in [0.25, 0.3) is 0 Å². The van der Waals surface area contributed by atoms with Crippen LogP contribution in [-0.2, 0) is 14.8 Å². The van der Waals surface area contributed by atoms with Crippen LogP contribution in [0.5, 0.6) is 0 Å². The minimum absolute atomic E-state index is 0.135. The van der Waals surface area contributed by atoms with Crippen molar-refractivity contribution in [3.63, 3.8) is 0 Å². The van der Waals surface area contributed by atoms with Gasteiger partial charge in [0.15, 0.2) is 0 Å². The summed E-state index contributed by atoms with van der Waals surface area (Å²) in [6.07, 6.45) is 5.53. The van der Waals surface area contributed by atoms with Crippen LogP contribution < -0.4 is 10.2 Å². The van der Waals surface area contributed by atoms with E-state index in [4.69, 9.17) is 0 Å². The van der Waals surface area contributed by atoms with Gasteiger partial charge in [-0.15, -0.1) is 0 Å². The van der Waals surface area contributed by atoms with Crippen molar-refractivity contribution in [1.29, 1.82) is 0 Å². The summed E-state index contributed by atoms with van der Waals surface area (Å²) in [5.41, 5.74) is 1.89. The number of amides is 1. The number of hydrogen-bond acceptors (Lipinski definition) is 4. The van der Waals surface area contributed by atoms with E-state index in [-0.39, 0.29) is 17.6 Å². The molecule has 1 heterocycles. The van der Waals surface area contributed by atoms with E-state index in [1.54, 1.807) is 11.2 Å². The molecular formula is C19H29N3O3S. The minimum atomic E-state index is -3.10. The largest absolute Gasteiger partial charge is 0.369 e. The van der Waals surface area contributed by atoms with Gasteiger partial charge in [-0.25, -0.2) is 8.42 Å². The van der Waals surface area contributed by atoms with Crippen LogP contribution in [0.1, 0.15) is 39.0 Å². The number of carbonyl (C=O) groups excluding carboxylic acids is 1. The van der Waals surface area contributed by atoms with Crippen LogP contribution >= 0.6 is 0 Å². The van der Waals surface area contributed by atoms with E-state index in [0.717, 1.165) is 37.1 Å². The quantitative estimate of drug-likeness (QED) is 0.854. The first-order valence-corrected chi connectivity index (χ1v) is 11.2. The standard InChI is InChI=1S/C19H29N3O3S/c1-2-26(24,25)22-14-12-21(13-15-22)18-10-8-17(9-11-18)20-19(23)16-6-4-3-5-7-16/h8-11,16H,2-7,12-15H2,1H3,(H,20,23). The van der Waals surface area contributed by atoms with Crippen molar-refractivity contribution in [2.24, 2.45) is 5.92 Å². The van der Waals surface area contributed by atoms with E-state index in [2.05, 4.69) is 10.2 Å². The molecule has 1 aliphatic carbocycles. The van der Waals surface area contributed by atoms with Gasteiger partial charge < -0.3 is 10.2 Å². The maximum Gasteiger partial charge on any atom is 0.227 e. The predicted octanol–water partition coefficient (Wildman–Crippen LogP) is 2.68. The first kappa shape index (κ1) is 19.2. The fourth-order valence-electron chi connectivity index (χ4n) is 3.77. The molecular weight excluding hydrogens is 350 g/mol. The molecule has 1 aromatic carbocycles. The zero-order valence-electron chi connectivity index (χ0n) is 15.5. The first-order valence-electron chi connectivity index (χ1n) is 9.63. The normalized spacial score (nSPS) is 20.1. The average molecular weight is 380 g/mol. The molecule has 0 unspecified atom stereocenters. The third-order valence-electron chi connectivity index (χ3n) is 5.47. The van der Waals surface area contributed by atoms with Gasteiger partial charge in [0, 0.05) is 43.5 Å². The Morgan fingerprint density at radius 3 is 2.23 bits per heavy atom. The molecule has 1 saturated carbocycles. The third-order valence-corrected chi connectivity index (χ3v) is 7.35. The SMILES string of the molecule is CCS(=O)(=O)N1CCN(c2ccc(NC(=O)C3CCCCC3)cc2)CC1. The Kier molecular flexibility index (Phi) is 6.19. The molecule has 0 spiro atoms. The third kappa shape index (κ3) is 4.57. The summed E-state index contributed by atoms with van der Waals surface area (Å²) in [4.78, 5) is 14.5. The highest BCUT2D eigenvalue weighted by molar-refractivity contribution is 7.89. The van der Waals surface area contributed by atoms with Crippen molar-refractivity contribution >= 4 is 27.3 Å². The van der Waals surface area contributed by atoms with E-state index >= 15 is 0 Å². The maximum absolute atomic E-state index is 12.3. The highest BCUT2D eigenvalue weighted by Gasteiger charge is 2.25. The molecule has 2 aliphatic rings. The van der Waals surface area contributed by atoms with E-state index in [1.807, 2.05) is 24.3 Å². The number of anilines is 2. The number of nitrogens with zero attached hydrogens (tertiary/aromatic N) is 2. The van der Waals surface area contributed by atoms with Crippen LogP contribution in [0.2, 0.25) is 0 Å². The number of rotatable bonds is 5. The molecule has 1 amide bonds. The number of sulfonamides is 1. The molecule has 26 heavy (non-hydrogen) atoms. The zero-order valence-corrected chi connectivity index (χ0v) is 16.3. The molecule has 6 nitrogen and oxygen atoms in total. The summed E-state index contributed by atoms with van der Waals surface area (Å²) in [6, 6.07) is 7.87. The van der Waals surface area contributed by atoms with Gasteiger partial charge in [-0.1, -0.05) is 19.3 Å². The van der Waals surface area contributed by atoms with Crippen LogP contribution in [0, 0.1) is 5.92 Å². The molecule has 7 heteroatoms. The smallest absolute Gasteiger partial charge is 0.227 e. The Hall–Kier alpha value is -1.60. The average Bonchev–Trinajstić information content (AvgIpc) is 2.69. The van der Waals surface area contributed by atoms with Gasteiger partial charge >= 0.3 is 0 Å². The van der Waals surface area contributed by atoms with Crippen LogP contribution in [0.15, 0.2) is 24.3 Å². The lowest BCUT2D eigenvalue weighted by atomic mass is 9.88. The highest BCUT2D eigenvalue weighted by Crippen LogP contribution is 2.26. The maximum atomic E-state index is 12.3. The van der Waals surface area contributed by atoms with Crippen molar-refractivity contribution < 1.29 is 13.2 Å². The Balaban J connectivity index is 1.54. The molecule has 3 rings (SSSR count). The van der Waals surface area contributed by atoms with E-state index in [9.17, 15) is 13.2 Å². The Bertz CT molecular complexity index is 704. The fourth-order valence-corrected chi connectivity index (χ4v) is 4.86. The van der Waals surface area contributed by atoms with Crippen LogP contribution in [0.4, 0.5) is 11.4 Å². The van der Waals surface area contributed by atoms with Crippen LogP contribution in [0.3, 0.4) is 0 Å². The Labute approximate surface area is 156 Å². The minimum Gasteiger partial charge on any atom is -0.369 e. The molecule has 1 N–H and O–H groups in total. The van der Waals surface area contributed by atoms with Gasteiger partial charge in [-0.05, 0) is 44.0 Å². The molecule has 0 aromatic heterocycles. The summed E-state index contributed by atoms with van der Waals surface area (Å²) in [5.74, 6) is 0.440. The van der Waals surface area contributed by atoms with E-state index in [0.29, 0.717) is 26.2 Å². The molecule has 1 saturated heterocycles. The Morgan fingerprint density at radius 1 is 1.04 bits per heavy atom. The van der Waals surface area contributed by atoms with Crippen molar-refractivity contribution in [2.45, 2.75) is 39.0 Å². The van der Waals surface area contributed by atoms with Crippen molar-refractivity contribution in [3.8, 4) is 0 Å². The summed E-state index contributed by atoms with van der Waals surface area (Å²) < 4.78 is 25.5. The molecule has 0 bridgehead atoms. The molecule has 144 valence electrons. The summed E-state index contributed by atoms with van der Waals surface area (Å²) >= 11 is 0. The van der Waals surface area contributed by atoms with Gasteiger partial charge in [0.2, 0.25) is 15.9 Å². The number of piperazine rings is 1. The van der Waals surface area contributed by atoms with Crippen LogP contribution in [-0.4, -0.2) is 50.6 Å². The summed E-state index contributed by atoms with van der Waals surface area (Å²) in [7, 11) is -3.10. The van der Waals surface area contributed by atoms with Crippen molar-refractivity contribution in [3.05, 3.63) is 24.3 Å². The second-order valence-corrected chi connectivity index (χ2v) is 9.42. The van der Waals surface area contributed by atoms with E-state index in [1.165, 1.54) is 6.42 Å². The van der Waals surface area contributed by atoms with Gasteiger partial charge in [0.1, 0.15) is 0 Å². The summed E-state index contributed by atoms with van der Waals surface area (Å²) in [5, 5.41) is 3.03. The van der Waals surface area contributed by atoms with E-state index < -0.39 is 10.0 Å². The molecule has 1 aliphatic heterocycles. The number of carbonyl (C=O) groups is 1. The van der Waals surface area contributed by atoms with Gasteiger partial charge in [-0.2, -0.15) is 4.31 Å². The Morgan fingerprint density at radius 2 is 1.65 bits per heavy atom. The lowest BCUT2D eigenvalue weighted by molar-refractivity contribution is -0.120. The molecule has 2 fully saturated rings. The lowest BCUT2D eigenvalue weighted by Crippen LogP contribution is -2.49. The highest BCUT2D eigenvalue weighted by atomic mass is 32.2. The predicted molar refractivity (Wildman–Crippen MR) is 105 cm³/mol. The second kappa shape index (κ2) is 8.39. The first-order chi connectivity index (χ1) is 12.5. The monoisotopic (exact) mass is 379 g/mol. The van der Waals surface area contributed by atoms with Crippen molar-refractivity contribution in [2.75, 3.05) is 42.1 Å². The topological polar surface area (TPSA) is 69.7 Å². The van der Waals surface area contributed by atoms with Gasteiger partial charge in [0.05, 0.1) is 5.75 Å². The molecule has 0 radical (unpaired) electrons. The molecule has 0 atom stereocenters. The molecule has 1 aromatic rings. The van der Waals surface area contributed by atoms with Crippen molar-refractivity contribution in [1.82, 2.24) is 4.31 Å². The fraction of sp³-hybridized carbons (Fsp3) is 0.632. The summed E-state index contributed by atoms with van der Waals surface area (Å²) in [6.45, 7) is 4.11. The number of benzene rings is 1. The number of hydrogen-bond donors (Lipinski definition) is 1. The number of nitrogens with one attached hydrogen (secondary N) is 1. The van der Waals surface area contributed by atoms with Gasteiger partial charge in [-0.3, -0.25) is 4.79 Å². The zero-order chi connectivity index (χ0) is 18.6. The second-order valence-electron chi connectivity index (χ2n) is 7.16. The lowest BCUT2D eigenvalue weighted by Gasteiger charge is -2.35. The van der Waals surface area contributed by atoms with Gasteiger partial charge in [0.25, 0.3) is 0 Å².